The van der Waals surface area contributed by atoms with Crippen molar-refractivity contribution in [3.05, 3.63) is 59.1 Å². The van der Waals surface area contributed by atoms with Gasteiger partial charge in [-0.05, 0) is 36.2 Å². The fourth-order valence-corrected chi connectivity index (χ4v) is 3.08. The first-order chi connectivity index (χ1) is 12.6. The lowest BCUT2D eigenvalue weighted by atomic mass is 10.1. The van der Waals surface area contributed by atoms with E-state index in [2.05, 4.69) is 5.32 Å². The Morgan fingerprint density at radius 1 is 1.19 bits per heavy atom. The normalized spacial score (nSPS) is 16.8. The van der Waals surface area contributed by atoms with Crippen molar-refractivity contribution in [2.75, 3.05) is 33.3 Å². The van der Waals surface area contributed by atoms with Crippen LogP contribution in [0.5, 0.6) is 11.5 Å². The van der Waals surface area contributed by atoms with Crippen LogP contribution in [0.15, 0.2) is 48.5 Å². The molecule has 3 rings (SSSR count). The van der Waals surface area contributed by atoms with E-state index in [1.165, 1.54) is 0 Å². The summed E-state index contributed by atoms with van der Waals surface area (Å²) in [6.45, 7) is 2.23. The molecule has 0 aromatic heterocycles. The van der Waals surface area contributed by atoms with Crippen molar-refractivity contribution in [3.8, 4) is 11.5 Å². The molecule has 0 bridgehead atoms. The van der Waals surface area contributed by atoms with Gasteiger partial charge in [-0.15, -0.1) is 0 Å². The van der Waals surface area contributed by atoms with Crippen LogP contribution in [-0.2, 0) is 11.2 Å². The highest BCUT2D eigenvalue weighted by atomic mass is 35.5. The first kappa shape index (κ1) is 18.5. The van der Waals surface area contributed by atoms with E-state index in [1.54, 1.807) is 0 Å². The zero-order valence-electron chi connectivity index (χ0n) is 14.8. The molecule has 1 heterocycles. The highest BCUT2D eigenvalue weighted by Gasteiger charge is 2.24. The SMILES string of the molecule is C[NH+](CC(=O)NCCc1ccc(Cl)cc1)C[C@@H]1COc2ccccc2O1. The number of carbonyl (C=O) groups is 1. The van der Waals surface area contributed by atoms with Gasteiger partial charge in [0.15, 0.2) is 24.1 Å². The first-order valence-electron chi connectivity index (χ1n) is 8.81. The molecule has 2 N–H and O–H groups in total. The van der Waals surface area contributed by atoms with Crippen molar-refractivity contribution in [1.29, 1.82) is 0 Å². The zero-order chi connectivity index (χ0) is 18.4. The molecular weight excluding hydrogens is 352 g/mol. The summed E-state index contributed by atoms with van der Waals surface area (Å²) in [5.74, 6) is 1.58. The van der Waals surface area contributed by atoms with Crippen LogP contribution < -0.4 is 19.7 Å². The molecule has 2 atom stereocenters. The maximum absolute atomic E-state index is 12.1. The van der Waals surface area contributed by atoms with E-state index in [1.807, 2.05) is 55.6 Å². The van der Waals surface area contributed by atoms with Crippen molar-refractivity contribution in [1.82, 2.24) is 5.32 Å². The van der Waals surface area contributed by atoms with Gasteiger partial charge in [-0.25, -0.2) is 0 Å². The number of nitrogens with one attached hydrogen (secondary N) is 2. The Hall–Kier alpha value is -2.24. The van der Waals surface area contributed by atoms with Crippen LogP contribution in [0.3, 0.4) is 0 Å². The molecule has 1 unspecified atom stereocenters. The smallest absolute Gasteiger partial charge is 0.275 e. The highest BCUT2D eigenvalue weighted by Crippen LogP contribution is 2.30. The molecule has 6 heteroatoms. The Morgan fingerprint density at radius 2 is 1.92 bits per heavy atom. The molecule has 2 aromatic carbocycles. The van der Waals surface area contributed by atoms with E-state index in [4.69, 9.17) is 21.1 Å². The van der Waals surface area contributed by atoms with Gasteiger partial charge in [0, 0.05) is 11.6 Å². The number of hydrogen-bond donors (Lipinski definition) is 2. The highest BCUT2D eigenvalue weighted by molar-refractivity contribution is 6.30. The Morgan fingerprint density at radius 3 is 2.69 bits per heavy atom. The van der Waals surface area contributed by atoms with Crippen LogP contribution in [0.25, 0.3) is 0 Å². The minimum Gasteiger partial charge on any atom is -0.486 e. The van der Waals surface area contributed by atoms with Crippen LogP contribution in [0.4, 0.5) is 0 Å². The molecule has 0 aliphatic carbocycles. The second-order valence-corrected chi connectivity index (χ2v) is 7.00. The maximum atomic E-state index is 12.1. The molecule has 1 aliphatic rings. The van der Waals surface area contributed by atoms with Crippen LogP contribution in [0, 0.1) is 0 Å². The number of halogens is 1. The molecular formula is C20H24ClN2O3+. The fraction of sp³-hybridized carbons (Fsp3) is 0.350. The van der Waals surface area contributed by atoms with Crippen molar-refractivity contribution >= 4 is 17.5 Å². The molecule has 1 amide bonds. The molecule has 26 heavy (non-hydrogen) atoms. The number of amides is 1. The summed E-state index contributed by atoms with van der Waals surface area (Å²) in [5, 5.41) is 3.69. The van der Waals surface area contributed by atoms with E-state index >= 15 is 0 Å². The zero-order valence-corrected chi connectivity index (χ0v) is 15.6. The van der Waals surface area contributed by atoms with Gasteiger partial charge < -0.3 is 19.7 Å². The first-order valence-corrected chi connectivity index (χ1v) is 9.19. The predicted molar refractivity (Wildman–Crippen MR) is 101 cm³/mol. The lowest BCUT2D eigenvalue weighted by Crippen LogP contribution is -3.11. The van der Waals surface area contributed by atoms with Crippen LogP contribution in [-0.4, -0.2) is 45.3 Å². The second kappa shape index (κ2) is 8.92. The number of fused-ring (bicyclic) bond motifs is 1. The monoisotopic (exact) mass is 375 g/mol. The van der Waals surface area contributed by atoms with Crippen molar-refractivity contribution in [2.24, 2.45) is 0 Å². The van der Waals surface area contributed by atoms with Gasteiger partial charge in [0.05, 0.1) is 7.05 Å². The number of carbonyl (C=O) groups excluding carboxylic acids is 1. The number of quaternary nitrogens is 1. The Labute approximate surface area is 158 Å². The lowest BCUT2D eigenvalue weighted by molar-refractivity contribution is -0.874. The molecule has 2 aromatic rings. The van der Waals surface area contributed by atoms with Crippen LogP contribution in [0.2, 0.25) is 5.02 Å². The summed E-state index contributed by atoms with van der Waals surface area (Å²) in [7, 11) is 1.99. The number of likely N-dealkylation sites (N-methyl/N-ethyl adjacent to an activating group) is 1. The third kappa shape index (κ3) is 5.38. The van der Waals surface area contributed by atoms with Crippen molar-refractivity contribution in [3.63, 3.8) is 0 Å². The largest absolute Gasteiger partial charge is 0.486 e. The number of hydrogen-bond acceptors (Lipinski definition) is 3. The fourth-order valence-electron chi connectivity index (χ4n) is 2.96. The standard InChI is InChI=1S/C20H23ClN2O3/c1-23(12-17-14-25-18-4-2-3-5-19(18)26-17)13-20(24)22-11-10-15-6-8-16(21)9-7-15/h2-9,17H,10-14H2,1H3,(H,22,24)/p+1/t17-/m1/s1. The third-order valence-electron chi connectivity index (χ3n) is 4.26. The Balaban J connectivity index is 1.37. The van der Waals surface area contributed by atoms with Gasteiger partial charge in [0.1, 0.15) is 13.2 Å². The third-order valence-corrected chi connectivity index (χ3v) is 4.51. The minimum atomic E-state index is -0.0493. The number of benzene rings is 2. The van der Waals surface area contributed by atoms with E-state index in [0.717, 1.165) is 33.4 Å². The Bertz CT molecular complexity index is 736. The van der Waals surface area contributed by atoms with Crippen molar-refractivity contribution in [2.45, 2.75) is 12.5 Å². The number of rotatable bonds is 7. The average molecular weight is 376 g/mol. The molecule has 0 fully saturated rings. The van der Waals surface area contributed by atoms with Gasteiger partial charge in [-0.1, -0.05) is 35.9 Å². The summed E-state index contributed by atoms with van der Waals surface area (Å²) < 4.78 is 11.7. The van der Waals surface area contributed by atoms with E-state index in [0.29, 0.717) is 26.2 Å². The number of ether oxygens (including phenoxy) is 2. The number of para-hydroxylation sites is 2. The van der Waals surface area contributed by atoms with Gasteiger partial charge >= 0.3 is 0 Å². The van der Waals surface area contributed by atoms with E-state index in [9.17, 15) is 4.79 Å². The quantitative estimate of drug-likeness (QED) is 0.768. The summed E-state index contributed by atoms with van der Waals surface area (Å²) in [6.07, 6.45) is 0.741. The Kier molecular flexibility index (Phi) is 6.36. The topological polar surface area (TPSA) is 52.0 Å². The molecule has 0 radical (unpaired) electrons. The van der Waals surface area contributed by atoms with Crippen LogP contribution in [0.1, 0.15) is 5.56 Å². The predicted octanol–water partition coefficient (Wildman–Crippen LogP) is 1.35. The molecule has 138 valence electrons. The van der Waals surface area contributed by atoms with Gasteiger partial charge in [-0.2, -0.15) is 0 Å². The maximum Gasteiger partial charge on any atom is 0.275 e. The molecule has 0 spiro atoms. The molecule has 1 aliphatic heterocycles. The summed E-state index contributed by atoms with van der Waals surface area (Å²) in [6, 6.07) is 15.3. The molecule has 0 saturated carbocycles. The minimum absolute atomic E-state index is 0.0357. The van der Waals surface area contributed by atoms with Crippen LogP contribution >= 0.6 is 11.6 Å². The molecule has 5 nitrogen and oxygen atoms in total. The summed E-state index contributed by atoms with van der Waals surface area (Å²) in [4.78, 5) is 13.2. The van der Waals surface area contributed by atoms with Crippen molar-refractivity contribution < 1.29 is 19.2 Å². The average Bonchev–Trinajstić information content (AvgIpc) is 2.63. The lowest BCUT2D eigenvalue weighted by Gasteiger charge is -2.27. The second-order valence-electron chi connectivity index (χ2n) is 6.56. The molecule has 0 saturated heterocycles. The summed E-state index contributed by atoms with van der Waals surface area (Å²) in [5.41, 5.74) is 1.15. The van der Waals surface area contributed by atoms with Gasteiger partial charge in [0.25, 0.3) is 5.91 Å². The van der Waals surface area contributed by atoms with Gasteiger partial charge in [0.2, 0.25) is 0 Å². The van der Waals surface area contributed by atoms with E-state index in [-0.39, 0.29) is 12.0 Å². The van der Waals surface area contributed by atoms with Gasteiger partial charge in [-0.3, -0.25) is 4.79 Å². The van der Waals surface area contributed by atoms with E-state index < -0.39 is 0 Å². The summed E-state index contributed by atoms with van der Waals surface area (Å²) >= 11 is 5.87.